The van der Waals surface area contributed by atoms with E-state index in [1.165, 1.54) is 0 Å². The summed E-state index contributed by atoms with van der Waals surface area (Å²) in [6.07, 6.45) is -48.3. The van der Waals surface area contributed by atoms with Crippen molar-refractivity contribution in [2.45, 2.75) is 66.4 Å². The molecule has 0 radical (unpaired) electrons. The molecule has 0 N–H and O–H groups in total. The summed E-state index contributed by atoms with van der Waals surface area (Å²) < 4.78 is 328. The van der Waals surface area contributed by atoms with E-state index in [1.54, 1.807) is 0 Å². The fourth-order valence-electron chi connectivity index (χ4n) is 2.37. The zero-order valence-electron chi connectivity index (χ0n) is 17.1. The van der Waals surface area contributed by atoms with Crippen LogP contribution < -0.4 is 0 Å². The summed E-state index contributed by atoms with van der Waals surface area (Å²) in [6, 6.07) is 0. The maximum atomic E-state index is 14.3. The highest BCUT2D eigenvalue weighted by molar-refractivity contribution is 5.40. The molecule has 0 aromatic carbocycles. The van der Waals surface area contributed by atoms with Crippen LogP contribution in [0.5, 0.6) is 0 Å². The van der Waals surface area contributed by atoms with Crippen molar-refractivity contribution in [2.75, 3.05) is 6.61 Å². The van der Waals surface area contributed by atoms with Crippen molar-refractivity contribution in [3.05, 3.63) is 11.3 Å². The number of hydrogen-bond donors (Lipinski definition) is 0. The second-order valence-electron chi connectivity index (χ2n) is 7.00. The maximum Gasteiger partial charge on any atom is 0.449 e. The topological polar surface area (TPSA) is 9.23 Å². The molecule has 0 saturated heterocycles. The van der Waals surface area contributed by atoms with Crippen LogP contribution in [-0.4, -0.2) is 73.0 Å². The Kier molecular flexibility index (Phi) is 9.41. The van der Waals surface area contributed by atoms with Crippen molar-refractivity contribution in [3.8, 4) is 0 Å². The van der Waals surface area contributed by atoms with Crippen LogP contribution in [0.1, 0.15) is 0 Å². The van der Waals surface area contributed by atoms with Gasteiger partial charge in [0.15, 0.2) is 6.61 Å². The SMILES string of the molecule is FC(F)C(F)(F)C(F)(F)C(F)(F)COC(=C(C(F)(C(F)(F)F)C(F)(F)F)C(F)(C(F)(F)F)C(F)(F)F)C(F)(F)F. The van der Waals surface area contributed by atoms with E-state index in [1.807, 2.05) is 4.74 Å². The number of allylic oxidation sites excluding steroid dienone is 2. The predicted molar refractivity (Wildman–Crippen MR) is 71.8 cm³/mol. The molecule has 0 aliphatic rings. The quantitative estimate of drug-likeness (QED) is 0.187. The average Bonchev–Trinajstić information content (AvgIpc) is 2.65. The third kappa shape index (κ3) is 5.89. The Morgan fingerprint density at radius 2 is 0.750 bits per heavy atom. The molecule has 0 fully saturated rings. The summed E-state index contributed by atoms with van der Waals surface area (Å²) in [5.74, 6) is -28.3. The molecule has 0 atom stereocenters. The molecule has 0 aliphatic heterocycles. The van der Waals surface area contributed by atoms with Gasteiger partial charge in [-0.3, -0.25) is 0 Å². The summed E-state index contributed by atoms with van der Waals surface area (Å²) in [7, 11) is 0. The van der Waals surface area contributed by atoms with Crippen LogP contribution in [0, 0.1) is 0 Å². The van der Waals surface area contributed by atoms with Crippen LogP contribution in [0.15, 0.2) is 11.3 Å². The highest BCUT2D eigenvalue weighted by Gasteiger charge is 2.88. The van der Waals surface area contributed by atoms with Gasteiger partial charge in [0, 0.05) is 0 Å². The van der Waals surface area contributed by atoms with Crippen LogP contribution in [0.4, 0.5) is 110 Å². The van der Waals surface area contributed by atoms with Gasteiger partial charge in [-0.2, -0.15) is 92.2 Å². The molecule has 0 aromatic rings. The van der Waals surface area contributed by atoms with Crippen LogP contribution in [0.2, 0.25) is 0 Å². The zero-order valence-corrected chi connectivity index (χ0v) is 17.1. The van der Waals surface area contributed by atoms with Crippen LogP contribution >= 0.6 is 0 Å². The van der Waals surface area contributed by atoms with E-state index in [2.05, 4.69) is 0 Å². The first-order valence-electron chi connectivity index (χ1n) is 8.42. The number of ether oxygens (including phenoxy) is 1. The second kappa shape index (κ2) is 9.96. The van der Waals surface area contributed by atoms with Gasteiger partial charge in [0.2, 0.25) is 5.76 Å². The summed E-state index contributed by atoms with van der Waals surface area (Å²) in [4.78, 5) is 0. The molecule has 0 rings (SSSR count). The lowest BCUT2D eigenvalue weighted by atomic mass is 9.79. The van der Waals surface area contributed by atoms with Gasteiger partial charge in [0.25, 0.3) is 0 Å². The monoisotopic (exact) mass is 662 g/mol. The molecule has 26 heteroatoms. The van der Waals surface area contributed by atoms with E-state index in [-0.39, 0.29) is 0 Å². The van der Waals surface area contributed by atoms with E-state index in [0.29, 0.717) is 0 Å². The summed E-state index contributed by atoms with van der Waals surface area (Å²) in [6.45, 7) is -4.72. The van der Waals surface area contributed by atoms with Gasteiger partial charge in [0.1, 0.15) is 0 Å². The Balaban J connectivity index is 8.17. The van der Waals surface area contributed by atoms with E-state index >= 15 is 0 Å². The Bertz CT molecular complexity index is 852. The number of hydrogen-bond acceptors (Lipinski definition) is 1. The fourth-order valence-corrected chi connectivity index (χ4v) is 2.37. The van der Waals surface area contributed by atoms with Gasteiger partial charge in [0.05, 0.1) is 5.57 Å². The number of halogens is 25. The molecular formula is C14H3F25O. The molecule has 0 bridgehead atoms. The largest absolute Gasteiger partial charge is 0.482 e. The average molecular weight is 662 g/mol. The lowest BCUT2D eigenvalue weighted by Gasteiger charge is -2.41. The Hall–Kier alpha value is -2.21. The van der Waals surface area contributed by atoms with E-state index < -0.39 is 84.4 Å². The van der Waals surface area contributed by atoms with Crippen LogP contribution in [-0.2, 0) is 4.74 Å². The van der Waals surface area contributed by atoms with Crippen molar-refractivity contribution in [1.29, 1.82) is 0 Å². The first kappa shape index (κ1) is 37.8. The second-order valence-corrected chi connectivity index (χ2v) is 7.00. The molecule has 0 saturated carbocycles. The maximum absolute atomic E-state index is 14.3. The first-order valence-corrected chi connectivity index (χ1v) is 8.42. The number of rotatable bonds is 8. The highest BCUT2D eigenvalue weighted by Crippen LogP contribution is 2.63. The molecule has 1 nitrogen and oxygen atoms in total. The molecule has 0 heterocycles. The molecule has 0 unspecified atom stereocenters. The van der Waals surface area contributed by atoms with Crippen molar-refractivity contribution in [3.63, 3.8) is 0 Å². The van der Waals surface area contributed by atoms with E-state index in [9.17, 15) is 110 Å². The molecular weight excluding hydrogens is 659 g/mol. The van der Waals surface area contributed by atoms with Crippen LogP contribution in [0.25, 0.3) is 0 Å². The summed E-state index contributed by atoms with van der Waals surface area (Å²) in [5, 5.41) is 0. The minimum Gasteiger partial charge on any atom is -0.482 e. The smallest absolute Gasteiger partial charge is 0.449 e. The molecule has 0 aromatic heterocycles. The fraction of sp³-hybridized carbons (Fsp3) is 0.857. The van der Waals surface area contributed by atoms with Crippen molar-refractivity contribution < 1.29 is 114 Å². The lowest BCUT2D eigenvalue weighted by molar-refractivity contribution is -0.367. The number of alkyl halides is 25. The Labute approximate surface area is 200 Å². The van der Waals surface area contributed by atoms with Gasteiger partial charge < -0.3 is 4.74 Å². The molecule has 0 spiro atoms. The van der Waals surface area contributed by atoms with E-state index in [0.717, 1.165) is 0 Å². The van der Waals surface area contributed by atoms with Crippen molar-refractivity contribution in [1.82, 2.24) is 0 Å². The Morgan fingerprint density at radius 1 is 0.475 bits per heavy atom. The zero-order chi connectivity index (χ0) is 33.1. The minimum absolute atomic E-state index is 2.03. The van der Waals surface area contributed by atoms with Gasteiger partial charge in [-0.1, -0.05) is 0 Å². The predicted octanol–water partition coefficient (Wildman–Crippen LogP) is 8.66. The molecule has 0 amide bonds. The van der Waals surface area contributed by atoms with Crippen molar-refractivity contribution >= 4 is 0 Å². The highest BCUT2D eigenvalue weighted by atomic mass is 19.4. The lowest BCUT2D eigenvalue weighted by Crippen LogP contribution is -2.67. The van der Waals surface area contributed by atoms with Gasteiger partial charge in [-0.15, -0.1) is 0 Å². The third-order valence-electron chi connectivity index (χ3n) is 4.29. The summed E-state index contributed by atoms with van der Waals surface area (Å²) in [5.41, 5.74) is -24.1. The van der Waals surface area contributed by atoms with Gasteiger partial charge >= 0.3 is 66.4 Å². The third-order valence-corrected chi connectivity index (χ3v) is 4.29. The van der Waals surface area contributed by atoms with Crippen molar-refractivity contribution in [2.24, 2.45) is 0 Å². The molecule has 40 heavy (non-hydrogen) atoms. The minimum atomic E-state index is -8.88. The first-order chi connectivity index (χ1) is 16.9. The molecule has 0 aliphatic carbocycles. The Morgan fingerprint density at radius 3 is 0.950 bits per heavy atom. The summed E-state index contributed by atoms with van der Waals surface area (Å²) >= 11 is 0. The van der Waals surface area contributed by atoms with Crippen LogP contribution in [0.3, 0.4) is 0 Å². The van der Waals surface area contributed by atoms with E-state index in [4.69, 9.17) is 0 Å². The van der Waals surface area contributed by atoms with Gasteiger partial charge in [-0.25, -0.2) is 17.6 Å². The standard InChI is InChI=1S/C14H3F25O/c15-4(16)8(21,22)10(26,27)5(17,18)1-40-3(9(23,24)25)2(6(19,11(28,29)30)12(31,32)33)7(20,13(34,35)36)14(37,38)39/h4H,1H2. The van der Waals surface area contributed by atoms with Gasteiger partial charge in [-0.05, 0) is 0 Å². The normalized spacial score (nSPS) is 15.9. The molecule has 240 valence electrons.